The first kappa shape index (κ1) is 16.5. The smallest absolute Gasteiger partial charge is 0.0923 e. The molecule has 0 radical (unpaired) electrons. The van der Waals surface area contributed by atoms with E-state index in [1.54, 1.807) is 5.57 Å². The van der Waals surface area contributed by atoms with Crippen LogP contribution in [0.25, 0.3) is 0 Å². The number of ether oxygens (including phenoxy) is 1. The lowest BCUT2D eigenvalue weighted by Crippen LogP contribution is -2.09. The summed E-state index contributed by atoms with van der Waals surface area (Å²) in [7, 11) is 0. The van der Waals surface area contributed by atoms with Gasteiger partial charge in [-0.15, -0.1) is 0 Å². The van der Waals surface area contributed by atoms with Crippen LogP contribution >= 0.6 is 0 Å². The molecule has 118 valence electrons. The molecule has 0 aromatic rings. The van der Waals surface area contributed by atoms with Crippen molar-refractivity contribution in [2.75, 3.05) is 0 Å². The molecule has 0 amide bonds. The third-order valence-electron chi connectivity index (χ3n) is 5.10. The van der Waals surface area contributed by atoms with Crippen molar-refractivity contribution in [1.82, 2.24) is 0 Å². The first-order valence-electron chi connectivity index (χ1n) is 8.60. The van der Waals surface area contributed by atoms with E-state index in [-0.39, 0.29) is 5.60 Å². The van der Waals surface area contributed by atoms with Gasteiger partial charge in [0.05, 0.1) is 11.7 Å². The van der Waals surface area contributed by atoms with E-state index in [1.165, 1.54) is 36.8 Å². The van der Waals surface area contributed by atoms with E-state index >= 15 is 0 Å². The van der Waals surface area contributed by atoms with Crippen LogP contribution in [0.15, 0.2) is 34.9 Å². The van der Waals surface area contributed by atoms with E-state index in [2.05, 4.69) is 52.8 Å². The van der Waals surface area contributed by atoms with Crippen LogP contribution in [0, 0.1) is 5.92 Å². The second-order valence-electron chi connectivity index (χ2n) is 7.46. The molecule has 0 N–H and O–H groups in total. The van der Waals surface area contributed by atoms with Crippen molar-refractivity contribution < 1.29 is 4.74 Å². The Labute approximate surface area is 131 Å². The molecular weight excluding hydrogens is 256 g/mol. The van der Waals surface area contributed by atoms with Gasteiger partial charge in [-0.05, 0) is 65.2 Å². The number of epoxide rings is 1. The zero-order chi connectivity index (χ0) is 15.5. The summed E-state index contributed by atoms with van der Waals surface area (Å²) in [5.74, 6) is 0.643. The van der Waals surface area contributed by atoms with Gasteiger partial charge in [0.2, 0.25) is 0 Å². The number of rotatable bonds is 1. The van der Waals surface area contributed by atoms with E-state index in [0.717, 1.165) is 12.8 Å². The first-order valence-corrected chi connectivity index (χ1v) is 8.60. The van der Waals surface area contributed by atoms with E-state index < -0.39 is 0 Å². The lowest BCUT2D eigenvalue weighted by molar-refractivity contribution is 0.295. The fourth-order valence-electron chi connectivity index (χ4n) is 3.18. The monoisotopic (exact) mass is 288 g/mol. The van der Waals surface area contributed by atoms with Gasteiger partial charge < -0.3 is 4.74 Å². The minimum atomic E-state index is 0.153. The van der Waals surface area contributed by atoms with E-state index in [0.29, 0.717) is 12.0 Å². The largest absolute Gasteiger partial charge is 0.366 e. The maximum atomic E-state index is 5.95. The highest BCUT2D eigenvalue weighted by Gasteiger charge is 2.50. The molecule has 0 saturated carbocycles. The Kier molecular flexibility index (Phi) is 5.48. The van der Waals surface area contributed by atoms with Crippen LogP contribution in [0.2, 0.25) is 0 Å². The molecule has 1 heterocycles. The molecule has 0 aromatic heterocycles. The Bertz CT molecular complexity index is 452. The van der Waals surface area contributed by atoms with Gasteiger partial charge >= 0.3 is 0 Å². The van der Waals surface area contributed by atoms with E-state index in [4.69, 9.17) is 4.74 Å². The predicted molar refractivity (Wildman–Crippen MR) is 91.4 cm³/mol. The number of fused-ring (bicyclic) bond motifs is 1. The molecule has 21 heavy (non-hydrogen) atoms. The SMILES string of the molecule is C/C1=C/CCC2(C)OC2CC/C(C)=C/C=C(/C(C)C)CC1. The highest BCUT2D eigenvalue weighted by molar-refractivity contribution is 5.20. The summed E-state index contributed by atoms with van der Waals surface area (Å²) in [6.07, 6.45) is 14.7. The quantitative estimate of drug-likeness (QED) is 0.427. The second-order valence-corrected chi connectivity index (χ2v) is 7.46. The summed E-state index contributed by atoms with van der Waals surface area (Å²) in [6.45, 7) is 11.4. The molecule has 1 heteroatoms. The van der Waals surface area contributed by atoms with Crippen molar-refractivity contribution in [1.29, 1.82) is 0 Å². The highest BCUT2D eigenvalue weighted by atomic mass is 16.6. The van der Waals surface area contributed by atoms with Gasteiger partial charge in [0, 0.05) is 0 Å². The van der Waals surface area contributed by atoms with Crippen molar-refractivity contribution in [2.24, 2.45) is 5.92 Å². The summed E-state index contributed by atoms with van der Waals surface area (Å²) in [5, 5.41) is 0. The van der Waals surface area contributed by atoms with Crippen molar-refractivity contribution in [3.05, 3.63) is 34.9 Å². The lowest BCUT2D eigenvalue weighted by atomic mass is 9.92. The van der Waals surface area contributed by atoms with Gasteiger partial charge in [-0.25, -0.2) is 0 Å². The van der Waals surface area contributed by atoms with Crippen molar-refractivity contribution in [3.63, 3.8) is 0 Å². The van der Waals surface area contributed by atoms with Crippen LogP contribution in [-0.2, 0) is 4.74 Å². The zero-order valence-electron chi connectivity index (χ0n) is 14.5. The van der Waals surface area contributed by atoms with Gasteiger partial charge in [-0.2, -0.15) is 0 Å². The van der Waals surface area contributed by atoms with Gasteiger partial charge in [0.1, 0.15) is 0 Å². The highest BCUT2D eigenvalue weighted by Crippen LogP contribution is 2.43. The van der Waals surface area contributed by atoms with Crippen LogP contribution in [0.4, 0.5) is 0 Å². The topological polar surface area (TPSA) is 12.5 Å². The van der Waals surface area contributed by atoms with Crippen LogP contribution < -0.4 is 0 Å². The Balaban J connectivity index is 2.11. The van der Waals surface area contributed by atoms with E-state index in [9.17, 15) is 0 Å². The fraction of sp³-hybridized carbons (Fsp3) is 0.700. The average molecular weight is 288 g/mol. The molecule has 1 nitrogen and oxygen atoms in total. The third-order valence-corrected chi connectivity index (χ3v) is 5.10. The normalized spacial score (nSPS) is 39.1. The fourth-order valence-corrected chi connectivity index (χ4v) is 3.18. The van der Waals surface area contributed by atoms with Gasteiger partial charge in [-0.1, -0.05) is 48.8 Å². The van der Waals surface area contributed by atoms with Crippen LogP contribution in [0.3, 0.4) is 0 Å². The molecule has 2 rings (SSSR count). The molecule has 0 spiro atoms. The average Bonchev–Trinajstić information content (AvgIpc) is 3.06. The molecular formula is C20H32O. The molecule has 1 fully saturated rings. The molecule has 2 unspecified atom stereocenters. The Hall–Kier alpha value is -0.820. The van der Waals surface area contributed by atoms with Crippen molar-refractivity contribution >= 4 is 0 Å². The summed E-state index contributed by atoms with van der Waals surface area (Å²) in [4.78, 5) is 0. The van der Waals surface area contributed by atoms with Crippen LogP contribution in [-0.4, -0.2) is 11.7 Å². The number of hydrogen-bond donors (Lipinski definition) is 0. The third kappa shape index (κ3) is 4.85. The van der Waals surface area contributed by atoms with E-state index in [1.807, 2.05) is 0 Å². The number of allylic oxidation sites excluding steroid dienone is 6. The summed E-state index contributed by atoms with van der Waals surface area (Å²) < 4.78 is 5.95. The van der Waals surface area contributed by atoms with Crippen molar-refractivity contribution in [3.8, 4) is 0 Å². The maximum absolute atomic E-state index is 5.95. The standard InChI is InChI=1S/C20H32O/c1-15(2)18-11-8-16(3)7-6-14-20(5)19(21-20)13-10-17(4)9-12-18/h7,9,12,15,19H,6,8,10-11,13-14H2,1-5H3/b16-7-,17-9+,18-12+. The number of hydrogen-bond acceptors (Lipinski definition) is 1. The second kappa shape index (κ2) is 6.96. The molecule has 0 aromatic carbocycles. The van der Waals surface area contributed by atoms with Crippen LogP contribution in [0.5, 0.6) is 0 Å². The Morgan fingerprint density at radius 3 is 2.57 bits per heavy atom. The Morgan fingerprint density at radius 2 is 1.86 bits per heavy atom. The van der Waals surface area contributed by atoms with Gasteiger partial charge in [0.15, 0.2) is 0 Å². The molecule has 0 bridgehead atoms. The molecule has 2 aliphatic rings. The summed E-state index contributed by atoms with van der Waals surface area (Å²) in [5.41, 5.74) is 4.74. The molecule has 1 saturated heterocycles. The Morgan fingerprint density at radius 1 is 1.10 bits per heavy atom. The van der Waals surface area contributed by atoms with Crippen molar-refractivity contribution in [2.45, 2.75) is 84.8 Å². The minimum Gasteiger partial charge on any atom is -0.366 e. The predicted octanol–water partition coefficient (Wildman–Crippen LogP) is 5.97. The van der Waals surface area contributed by atoms with Gasteiger partial charge in [-0.3, -0.25) is 0 Å². The molecule has 1 aliphatic heterocycles. The maximum Gasteiger partial charge on any atom is 0.0923 e. The first-order chi connectivity index (χ1) is 9.90. The zero-order valence-corrected chi connectivity index (χ0v) is 14.5. The molecule has 1 aliphatic carbocycles. The lowest BCUT2D eigenvalue weighted by Gasteiger charge is -2.12. The van der Waals surface area contributed by atoms with Gasteiger partial charge in [0.25, 0.3) is 0 Å². The molecule has 2 atom stereocenters. The minimum absolute atomic E-state index is 0.153. The summed E-state index contributed by atoms with van der Waals surface area (Å²) in [6, 6.07) is 0. The summed E-state index contributed by atoms with van der Waals surface area (Å²) >= 11 is 0. The van der Waals surface area contributed by atoms with Crippen LogP contribution in [0.1, 0.15) is 73.1 Å².